The van der Waals surface area contributed by atoms with Crippen molar-refractivity contribution in [2.24, 2.45) is 0 Å². The molecule has 1 unspecified atom stereocenters. The number of amides is 2. The molecule has 0 aliphatic carbocycles. The summed E-state index contributed by atoms with van der Waals surface area (Å²) in [5.41, 5.74) is 0.713. The van der Waals surface area contributed by atoms with Gasteiger partial charge < -0.3 is 10.4 Å². The minimum atomic E-state index is -0.755. The highest BCUT2D eigenvalue weighted by Gasteiger charge is 2.29. The van der Waals surface area contributed by atoms with Crippen LogP contribution < -0.4 is 10.2 Å². The van der Waals surface area contributed by atoms with Gasteiger partial charge in [-0.05, 0) is 12.1 Å². The lowest BCUT2D eigenvalue weighted by atomic mass is 10.3. The number of nitrogens with zero attached hydrogens (tertiary/aromatic N) is 1. The molecule has 1 atom stereocenters. The average Bonchev–Trinajstić information content (AvgIpc) is 2.48. The van der Waals surface area contributed by atoms with E-state index in [1.54, 1.807) is 12.1 Å². The van der Waals surface area contributed by atoms with Gasteiger partial charge in [-0.15, -0.1) is 0 Å². The van der Waals surface area contributed by atoms with Gasteiger partial charge in [0.2, 0.25) is 0 Å². The van der Waals surface area contributed by atoms with Crippen LogP contribution >= 0.6 is 0 Å². The van der Waals surface area contributed by atoms with E-state index in [0.29, 0.717) is 5.69 Å². The Kier molecular flexibility index (Phi) is 1.90. The Hall–Kier alpha value is -1.55. The lowest BCUT2D eigenvalue weighted by molar-refractivity contribution is 0.196. The van der Waals surface area contributed by atoms with Crippen LogP contribution in [0, 0.1) is 0 Å². The summed E-state index contributed by atoms with van der Waals surface area (Å²) >= 11 is 0. The van der Waals surface area contributed by atoms with E-state index in [4.69, 9.17) is 0 Å². The van der Waals surface area contributed by atoms with Gasteiger partial charge >= 0.3 is 6.03 Å². The molecule has 2 amide bonds. The summed E-state index contributed by atoms with van der Waals surface area (Å²) in [7, 11) is 0. The molecular formula is C9H10N2O2. The monoisotopic (exact) mass is 178 g/mol. The standard InChI is InChI=1S/C9H10N2O2/c12-8-6-10-9(13)11(8)7-4-2-1-3-5-7/h1-5,8,12H,6H2,(H,10,13). The van der Waals surface area contributed by atoms with E-state index >= 15 is 0 Å². The molecule has 0 bridgehead atoms. The van der Waals surface area contributed by atoms with Crippen molar-refractivity contribution in [2.45, 2.75) is 6.23 Å². The molecule has 1 aromatic carbocycles. The molecular weight excluding hydrogens is 168 g/mol. The lowest BCUT2D eigenvalue weighted by Crippen LogP contribution is -2.33. The van der Waals surface area contributed by atoms with Gasteiger partial charge in [0.15, 0.2) is 6.23 Å². The number of urea groups is 1. The minimum absolute atomic E-state index is 0.251. The van der Waals surface area contributed by atoms with E-state index in [1.807, 2.05) is 18.2 Å². The van der Waals surface area contributed by atoms with E-state index in [2.05, 4.69) is 5.32 Å². The Balaban J connectivity index is 2.30. The number of aliphatic hydroxyl groups excluding tert-OH is 1. The van der Waals surface area contributed by atoms with Gasteiger partial charge in [-0.25, -0.2) is 4.79 Å². The number of aliphatic hydroxyl groups is 1. The van der Waals surface area contributed by atoms with Crippen molar-refractivity contribution in [3.63, 3.8) is 0 Å². The van der Waals surface area contributed by atoms with Crippen LogP contribution in [0.3, 0.4) is 0 Å². The average molecular weight is 178 g/mol. The van der Waals surface area contributed by atoms with Gasteiger partial charge in [0, 0.05) is 5.69 Å². The van der Waals surface area contributed by atoms with Crippen LogP contribution in [0.15, 0.2) is 30.3 Å². The second kappa shape index (κ2) is 3.06. The summed E-state index contributed by atoms with van der Waals surface area (Å²) in [6.45, 7) is 0.285. The van der Waals surface area contributed by atoms with E-state index in [-0.39, 0.29) is 12.6 Å². The molecule has 4 nitrogen and oxygen atoms in total. The molecule has 2 rings (SSSR count). The highest BCUT2D eigenvalue weighted by atomic mass is 16.3. The Morgan fingerprint density at radius 2 is 2.08 bits per heavy atom. The van der Waals surface area contributed by atoms with Gasteiger partial charge in [-0.1, -0.05) is 18.2 Å². The first kappa shape index (κ1) is 8.07. The number of para-hydroxylation sites is 1. The van der Waals surface area contributed by atoms with E-state index in [9.17, 15) is 9.90 Å². The predicted molar refractivity (Wildman–Crippen MR) is 48.3 cm³/mol. The largest absolute Gasteiger partial charge is 0.371 e. The van der Waals surface area contributed by atoms with Crippen molar-refractivity contribution >= 4 is 11.7 Å². The molecule has 1 aliphatic heterocycles. The predicted octanol–water partition coefficient (Wildman–Crippen LogP) is 0.535. The van der Waals surface area contributed by atoms with Crippen molar-refractivity contribution in [1.82, 2.24) is 5.32 Å². The summed E-state index contributed by atoms with van der Waals surface area (Å²) in [5, 5.41) is 12.0. The van der Waals surface area contributed by atoms with Gasteiger partial charge in [-0.3, -0.25) is 4.90 Å². The second-order valence-corrected chi connectivity index (χ2v) is 2.87. The molecule has 0 spiro atoms. The molecule has 1 saturated heterocycles. The second-order valence-electron chi connectivity index (χ2n) is 2.87. The lowest BCUT2D eigenvalue weighted by Gasteiger charge is -2.18. The third-order valence-corrected chi connectivity index (χ3v) is 1.99. The summed E-state index contributed by atoms with van der Waals surface area (Å²) in [6.07, 6.45) is -0.755. The molecule has 2 N–H and O–H groups in total. The van der Waals surface area contributed by atoms with Crippen molar-refractivity contribution in [3.8, 4) is 0 Å². The van der Waals surface area contributed by atoms with Crippen molar-refractivity contribution < 1.29 is 9.90 Å². The van der Waals surface area contributed by atoms with Crippen LogP contribution in [0.2, 0.25) is 0 Å². The third kappa shape index (κ3) is 1.36. The zero-order chi connectivity index (χ0) is 9.26. The maximum atomic E-state index is 11.2. The molecule has 0 saturated carbocycles. The Bertz CT molecular complexity index is 313. The molecule has 0 radical (unpaired) electrons. The number of benzene rings is 1. The molecule has 68 valence electrons. The number of hydrogen-bond acceptors (Lipinski definition) is 2. The van der Waals surface area contributed by atoms with Crippen LogP contribution in [-0.4, -0.2) is 23.9 Å². The molecule has 1 heterocycles. The summed E-state index contributed by atoms with van der Waals surface area (Å²) < 4.78 is 0. The summed E-state index contributed by atoms with van der Waals surface area (Å²) in [4.78, 5) is 12.6. The van der Waals surface area contributed by atoms with Crippen LogP contribution in [0.5, 0.6) is 0 Å². The third-order valence-electron chi connectivity index (χ3n) is 1.99. The van der Waals surface area contributed by atoms with Crippen LogP contribution in [0.25, 0.3) is 0 Å². The van der Waals surface area contributed by atoms with Gasteiger partial charge in [-0.2, -0.15) is 0 Å². The van der Waals surface area contributed by atoms with Crippen LogP contribution in [-0.2, 0) is 0 Å². The highest BCUT2D eigenvalue weighted by Crippen LogP contribution is 2.18. The van der Waals surface area contributed by atoms with Crippen LogP contribution in [0.4, 0.5) is 10.5 Å². The molecule has 1 aliphatic rings. The fourth-order valence-electron chi connectivity index (χ4n) is 1.37. The van der Waals surface area contributed by atoms with Crippen molar-refractivity contribution in [3.05, 3.63) is 30.3 Å². The first-order valence-electron chi connectivity index (χ1n) is 4.09. The molecule has 1 aromatic rings. The smallest absolute Gasteiger partial charge is 0.324 e. The first-order chi connectivity index (χ1) is 6.29. The number of anilines is 1. The number of β-amino-alcohol motifs (C(OH)–C–C–N with tert-alkyl or cyclic N) is 1. The zero-order valence-electron chi connectivity index (χ0n) is 6.97. The Morgan fingerprint density at radius 1 is 1.38 bits per heavy atom. The SMILES string of the molecule is O=C1NCC(O)N1c1ccccc1. The Morgan fingerprint density at radius 3 is 2.62 bits per heavy atom. The maximum Gasteiger partial charge on any atom is 0.324 e. The first-order valence-corrected chi connectivity index (χ1v) is 4.09. The van der Waals surface area contributed by atoms with Gasteiger partial charge in [0.05, 0.1) is 6.54 Å². The van der Waals surface area contributed by atoms with E-state index < -0.39 is 6.23 Å². The summed E-state index contributed by atoms with van der Waals surface area (Å²) in [5.74, 6) is 0. The van der Waals surface area contributed by atoms with Gasteiger partial charge in [0.1, 0.15) is 0 Å². The highest BCUT2D eigenvalue weighted by molar-refractivity contribution is 5.94. The van der Waals surface area contributed by atoms with E-state index in [1.165, 1.54) is 4.90 Å². The van der Waals surface area contributed by atoms with Crippen LogP contribution in [0.1, 0.15) is 0 Å². The molecule has 4 heteroatoms. The topological polar surface area (TPSA) is 52.6 Å². The number of hydrogen-bond donors (Lipinski definition) is 2. The Labute approximate surface area is 75.8 Å². The number of carbonyl (C=O) groups is 1. The van der Waals surface area contributed by atoms with Crippen molar-refractivity contribution in [1.29, 1.82) is 0 Å². The van der Waals surface area contributed by atoms with Crippen molar-refractivity contribution in [2.75, 3.05) is 11.4 Å². The fourth-order valence-corrected chi connectivity index (χ4v) is 1.37. The zero-order valence-corrected chi connectivity index (χ0v) is 6.97. The minimum Gasteiger partial charge on any atom is -0.371 e. The normalized spacial score (nSPS) is 21.8. The molecule has 0 aromatic heterocycles. The number of carbonyl (C=O) groups excluding carboxylic acids is 1. The quantitative estimate of drug-likeness (QED) is 0.659. The molecule has 13 heavy (non-hydrogen) atoms. The van der Waals surface area contributed by atoms with E-state index in [0.717, 1.165) is 0 Å². The van der Waals surface area contributed by atoms with Gasteiger partial charge in [0.25, 0.3) is 0 Å². The maximum absolute atomic E-state index is 11.2. The fraction of sp³-hybridized carbons (Fsp3) is 0.222. The summed E-state index contributed by atoms with van der Waals surface area (Å²) in [6, 6.07) is 8.84. The number of rotatable bonds is 1. The number of nitrogens with one attached hydrogen (secondary N) is 1. The molecule has 1 fully saturated rings.